The van der Waals surface area contributed by atoms with E-state index in [-0.39, 0.29) is 0 Å². The smallest absolute Gasteiger partial charge is 0.199 e. The summed E-state index contributed by atoms with van der Waals surface area (Å²) in [5, 5.41) is 4.17. The Labute approximate surface area is 107 Å². The Bertz CT molecular complexity index is 531. The van der Waals surface area contributed by atoms with E-state index in [1.807, 2.05) is 0 Å². The first kappa shape index (κ1) is 10.9. The Hall–Kier alpha value is -1.21. The zero-order chi connectivity index (χ0) is 11.8. The van der Waals surface area contributed by atoms with Gasteiger partial charge in [-0.3, -0.25) is 0 Å². The molecule has 1 aliphatic heterocycles. The maximum Gasteiger partial charge on any atom is 0.199 e. The van der Waals surface area contributed by atoms with Crippen molar-refractivity contribution < 1.29 is 0 Å². The molecule has 0 N–H and O–H groups in total. The van der Waals surface area contributed by atoms with Crippen LogP contribution < -0.4 is 4.90 Å². The summed E-state index contributed by atoms with van der Waals surface area (Å²) in [6, 6.07) is 0. The summed E-state index contributed by atoms with van der Waals surface area (Å²) in [6.07, 6.45) is 3.33. The Kier molecular flexibility index (Phi) is 2.71. The minimum absolute atomic E-state index is 0.809. The van der Waals surface area contributed by atoms with Gasteiger partial charge in [-0.1, -0.05) is 0 Å². The highest BCUT2D eigenvalue weighted by molar-refractivity contribution is 9.10. The average molecular weight is 297 g/mol. The lowest BCUT2D eigenvalue weighted by atomic mass is 10.3. The van der Waals surface area contributed by atoms with Crippen LogP contribution in [0.4, 0.5) is 5.82 Å². The third-order valence-electron chi connectivity index (χ3n) is 3.05. The van der Waals surface area contributed by atoms with Crippen LogP contribution in [0.1, 0.15) is 0 Å². The summed E-state index contributed by atoms with van der Waals surface area (Å²) in [6.45, 7) is 4.07. The van der Waals surface area contributed by atoms with E-state index in [4.69, 9.17) is 0 Å². The second kappa shape index (κ2) is 4.23. The van der Waals surface area contributed by atoms with Crippen LogP contribution in [-0.2, 0) is 0 Å². The van der Waals surface area contributed by atoms with Crippen molar-refractivity contribution in [3.63, 3.8) is 0 Å². The quantitative estimate of drug-likeness (QED) is 0.773. The van der Waals surface area contributed by atoms with Crippen LogP contribution in [0.2, 0.25) is 0 Å². The van der Waals surface area contributed by atoms with Crippen molar-refractivity contribution in [2.45, 2.75) is 0 Å². The molecule has 0 aromatic carbocycles. The fourth-order valence-corrected chi connectivity index (χ4v) is 2.38. The predicted molar refractivity (Wildman–Crippen MR) is 68.2 cm³/mol. The molecule has 3 rings (SSSR count). The molecule has 0 bridgehead atoms. The van der Waals surface area contributed by atoms with Gasteiger partial charge in [0, 0.05) is 26.2 Å². The van der Waals surface area contributed by atoms with Gasteiger partial charge in [0.2, 0.25) is 0 Å². The molecule has 0 atom stereocenters. The van der Waals surface area contributed by atoms with E-state index in [0.29, 0.717) is 0 Å². The van der Waals surface area contributed by atoms with Crippen LogP contribution in [-0.4, -0.2) is 57.7 Å². The molecule has 0 aliphatic carbocycles. The van der Waals surface area contributed by atoms with Gasteiger partial charge >= 0.3 is 0 Å². The molecule has 1 aliphatic rings. The number of piperazine rings is 1. The monoisotopic (exact) mass is 296 g/mol. The molecule has 90 valence electrons. The first-order chi connectivity index (χ1) is 8.25. The van der Waals surface area contributed by atoms with E-state index in [1.165, 1.54) is 0 Å². The molecule has 0 radical (unpaired) electrons. The second-order valence-corrected chi connectivity index (χ2v) is 5.00. The fraction of sp³-hybridized carbons (Fsp3) is 0.500. The fourth-order valence-electron chi connectivity index (χ4n) is 2.02. The minimum Gasteiger partial charge on any atom is -0.351 e. The number of halogens is 1. The molecular weight excluding hydrogens is 284 g/mol. The molecule has 2 aromatic rings. The topological polar surface area (TPSA) is 49.6 Å². The van der Waals surface area contributed by atoms with Crippen LogP contribution in [0.15, 0.2) is 17.1 Å². The summed E-state index contributed by atoms with van der Waals surface area (Å²) in [5.74, 6) is 0.916. The van der Waals surface area contributed by atoms with Crippen LogP contribution >= 0.6 is 15.9 Å². The number of rotatable bonds is 1. The lowest BCUT2D eigenvalue weighted by Crippen LogP contribution is -2.45. The van der Waals surface area contributed by atoms with E-state index in [1.54, 1.807) is 17.0 Å². The number of hydrogen-bond acceptors (Lipinski definition) is 5. The molecule has 0 saturated carbocycles. The van der Waals surface area contributed by atoms with E-state index in [2.05, 4.69) is 47.8 Å². The Morgan fingerprint density at radius 3 is 2.71 bits per heavy atom. The molecule has 0 amide bonds. The van der Waals surface area contributed by atoms with Crippen molar-refractivity contribution in [2.24, 2.45) is 0 Å². The SMILES string of the molecule is CN1CCN(c2ncc(Br)n3ncnc23)CC1. The summed E-state index contributed by atoms with van der Waals surface area (Å²) in [7, 11) is 2.14. The van der Waals surface area contributed by atoms with E-state index >= 15 is 0 Å². The highest BCUT2D eigenvalue weighted by Gasteiger charge is 2.19. The van der Waals surface area contributed by atoms with E-state index in [9.17, 15) is 0 Å². The number of nitrogens with zero attached hydrogens (tertiary/aromatic N) is 6. The first-order valence-corrected chi connectivity index (χ1v) is 6.33. The molecule has 1 saturated heterocycles. The number of anilines is 1. The third kappa shape index (κ3) is 1.89. The van der Waals surface area contributed by atoms with Gasteiger partial charge in [-0.05, 0) is 23.0 Å². The zero-order valence-electron chi connectivity index (χ0n) is 9.54. The molecule has 3 heterocycles. The highest BCUT2D eigenvalue weighted by atomic mass is 79.9. The largest absolute Gasteiger partial charge is 0.351 e. The van der Waals surface area contributed by atoms with Crippen molar-refractivity contribution in [1.82, 2.24) is 24.5 Å². The number of likely N-dealkylation sites (N-methyl/N-ethyl adjacent to an activating group) is 1. The Morgan fingerprint density at radius 2 is 1.94 bits per heavy atom. The number of fused-ring (bicyclic) bond motifs is 1. The molecule has 2 aromatic heterocycles. The van der Waals surface area contributed by atoms with Crippen molar-refractivity contribution in [3.05, 3.63) is 17.1 Å². The second-order valence-electron chi connectivity index (χ2n) is 4.19. The first-order valence-electron chi connectivity index (χ1n) is 5.53. The van der Waals surface area contributed by atoms with E-state index in [0.717, 1.165) is 42.2 Å². The standard InChI is InChI=1S/C10H13BrN6/c1-15-2-4-16(5-3-15)9-10-13-7-14-17(10)8(11)6-12-9/h6-7H,2-5H2,1H3. The van der Waals surface area contributed by atoms with Crippen LogP contribution in [0.5, 0.6) is 0 Å². The van der Waals surface area contributed by atoms with Crippen LogP contribution in [0.25, 0.3) is 5.65 Å². The summed E-state index contributed by atoms with van der Waals surface area (Å²) >= 11 is 3.41. The normalized spacial score (nSPS) is 17.9. The van der Waals surface area contributed by atoms with Crippen molar-refractivity contribution in [2.75, 3.05) is 38.1 Å². The highest BCUT2D eigenvalue weighted by Crippen LogP contribution is 2.21. The van der Waals surface area contributed by atoms with Gasteiger partial charge in [-0.25, -0.2) is 14.5 Å². The lowest BCUT2D eigenvalue weighted by molar-refractivity contribution is 0.312. The van der Waals surface area contributed by atoms with Crippen molar-refractivity contribution >= 4 is 27.4 Å². The summed E-state index contributed by atoms with van der Waals surface area (Å²) in [5.41, 5.74) is 0.809. The summed E-state index contributed by atoms with van der Waals surface area (Å²) < 4.78 is 2.59. The lowest BCUT2D eigenvalue weighted by Gasteiger charge is -2.33. The van der Waals surface area contributed by atoms with Gasteiger partial charge in [-0.15, -0.1) is 0 Å². The minimum atomic E-state index is 0.809. The maximum absolute atomic E-state index is 4.46. The van der Waals surface area contributed by atoms with Gasteiger partial charge in [0.1, 0.15) is 10.9 Å². The Balaban J connectivity index is 2.00. The molecule has 6 nitrogen and oxygen atoms in total. The molecule has 0 unspecified atom stereocenters. The van der Waals surface area contributed by atoms with Gasteiger partial charge in [0.15, 0.2) is 11.5 Å². The van der Waals surface area contributed by atoms with E-state index < -0.39 is 0 Å². The van der Waals surface area contributed by atoms with Crippen LogP contribution in [0, 0.1) is 0 Å². The molecule has 7 heteroatoms. The predicted octanol–water partition coefficient (Wildman–Crippen LogP) is 0.639. The maximum atomic E-state index is 4.46. The zero-order valence-corrected chi connectivity index (χ0v) is 11.1. The summed E-state index contributed by atoms with van der Waals surface area (Å²) in [4.78, 5) is 13.3. The Morgan fingerprint density at radius 1 is 1.18 bits per heavy atom. The van der Waals surface area contributed by atoms with Gasteiger partial charge in [-0.2, -0.15) is 5.10 Å². The van der Waals surface area contributed by atoms with Crippen molar-refractivity contribution in [1.29, 1.82) is 0 Å². The van der Waals surface area contributed by atoms with Gasteiger partial charge in [0.05, 0.1) is 6.20 Å². The molecule has 1 fully saturated rings. The van der Waals surface area contributed by atoms with Crippen LogP contribution in [0.3, 0.4) is 0 Å². The van der Waals surface area contributed by atoms with Gasteiger partial charge < -0.3 is 9.80 Å². The van der Waals surface area contributed by atoms with Gasteiger partial charge in [0.25, 0.3) is 0 Å². The average Bonchev–Trinajstić information content (AvgIpc) is 2.81. The number of aromatic nitrogens is 4. The van der Waals surface area contributed by atoms with Crippen molar-refractivity contribution in [3.8, 4) is 0 Å². The number of hydrogen-bond donors (Lipinski definition) is 0. The molecule has 17 heavy (non-hydrogen) atoms. The third-order valence-corrected chi connectivity index (χ3v) is 3.59. The molecule has 0 spiro atoms. The molecular formula is C10H13BrN6.